The summed E-state index contributed by atoms with van der Waals surface area (Å²) in [6.07, 6.45) is 51.9. The van der Waals surface area contributed by atoms with Gasteiger partial charge in [0.1, 0.15) is 12.6 Å². The van der Waals surface area contributed by atoms with Crippen molar-refractivity contribution in [2.45, 2.75) is 277 Å². The first kappa shape index (κ1) is 84.9. The van der Waals surface area contributed by atoms with Crippen molar-refractivity contribution in [3.8, 4) is 0 Å². The lowest BCUT2D eigenvalue weighted by Crippen LogP contribution is -2.36. The van der Waals surface area contributed by atoms with Gasteiger partial charge in [0.05, 0.1) is 12.6 Å². The number of nitrogens with zero attached hydrogens (tertiary/aromatic N) is 1. The lowest BCUT2D eigenvalue weighted by atomic mass is 10.0. The smallest absolute Gasteiger partial charge is 0.303 e. The Morgan fingerprint density at radius 3 is 1.04 bits per heavy atom. The second kappa shape index (κ2) is 83.9. The van der Waals surface area contributed by atoms with Gasteiger partial charge in [-0.2, -0.15) is 0 Å². The molecule has 0 aliphatic heterocycles. The van der Waals surface area contributed by atoms with E-state index in [-0.39, 0.29) is 38.3 Å². The number of aliphatic hydroxyl groups excluding tert-OH is 2. The lowest BCUT2D eigenvalue weighted by molar-refractivity contribution is -0.138. The number of unbranched alkanes of at least 4 members (excludes halogenated alkanes) is 32. The largest absolute Gasteiger partial charge is 0.481 e. The Kier molecular flexibility index (Phi) is 96.3. The molecule has 0 aromatic rings. The fraction of sp³-hybridized carbons (Fsp3) is 0.897. The average molecular weight is 1070 g/mol. The maximum absolute atomic E-state index is 10.9. The highest BCUT2D eigenvalue weighted by Gasteiger charge is 2.10. The molecule has 0 fully saturated rings. The van der Waals surface area contributed by atoms with Crippen LogP contribution in [0.15, 0.2) is 0 Å². The number of hydrogen-bond donors (Lipinski definition) is 9. The molecule has 12 N–H and O–H groups in total. The van der Waals surface area contributed by atoms with Gasteiger partial charge in [0.25, 0.3) is 0 Å². The zero-order valence-corrected chi connectivity index (χ0v) is 49.3. The molecule has 1 atom stereocenters. The molecular formula is C58H124N6O10. The van der Waals surface area contributed by atoms with Gasteiger partial charge in [-0.25, -0.2) is 0 Å². The molecule has 16 nitrogen and oxygen atoms in total. The number of nitrogens with one attached hydrogen (secondary N) is 2. The summed E-state index contributed by atoms with van der Waals surface area (Å²) in [7, 11) is 6.26. The summed E-state index contributed by atoms with van der Waals surface area (Å²) in [5.74, 6) is -2.42. The lowest BCUT2D eigenvalue weighted by Gasteiger charge is -2.16. The van der Waals surface area contributed by atoms with Crippen LogP contribution < -0.4 is 27.8 Å². The minimum absolute atomic E-state index is 0.0310. The first-order valence-corrected chi connectivity index (χ1v) is 29.4. The quantitative estimate of drug-likeness (QED) is 0.0202. The van der Waals surface area contributed by atoms with E-state index in [1.54, 1.807) is 6.92 Å². The van der Waals surface area contributed by atoms with Crippen molar-refractivity contribution in [2.75, 3.05) is 61.0 Å². The van der Waals surface area contributed by atoms with Gasteiger partial charge in [-0.3, -0.25) is 19.2 Å². The van der Waals surface area contributed by atoms with E-state index in [0.717, 1.165) is 40.0 Å². The third-order valence-electron chi connectivity index (χ3n) is 11.9. The molecule has 0 rings (SSSR count). The molecule has 0 aromatic heterocycles. The summed E-state index contributed by atoms with van der Waals surface area (Å²) in [4.78, 5) is 62.0. The van der Waals surface area contributed by atoms with E-state index in [1.807, 2.05) is 7.05 Å². The van der Waals surface area contributed by atoms with Crippen LogP contribution >= 0.6 is 0 Å². The molecule has 0 bridgehead atoms. The summed E-state index contributed by atoms with van der Waals surface area (Å²) < 4.78 is 0. The number of carbonyl (C=O) groups excluding carboxylic acids is 4. The normalized spacial score (nSPS) is 10.4. The van der Waals surface area contributed by atoms with Crippen LogP contribution in [0.1, 0.15) is 271 Å². The molecule has 0 aliphatic carbocycles. The Bertz CT molecular complexity index is 1060. The monoisotopic (exact) mass is 1060 g/mol. The molecule has 0 saturated heterocycles. The van der Waals surface area contributed by atoms with Crippen LogP contribution in [0.5, 0.6) is 0 Å². The van der Waals surface area contributed by atoms with E-state index in [2.05, 4.69) is 42.2 Å². The van der Waals surface area contributed by atoms with Gasteiger partial charge in [0, 0.05) is 40.0 Å². The van der Waals surface area contributed by atoms with Crippen molar-refractivity contribution in [1.29, 1.82) is 0 Å². The summed E-state index contributed by atoms with van der Waals surface area (Å²) in [5, 5.41) is 35.4. The summed E-state index contributed by atoms with van der Waals surface area (Å²) >= 11 is 0. The molecule has 0 aromatic carbocycles. The van der Waals surface area contributed by atoms with Crippen LogP contribution in [0.3, 0.4) is 0 Å². The maximum Gasteiger partial charge on any atom is 0.303 e. The Morgan fingerprint density at radius 2 is 0.797 bits per heavy atom. The standard InChI is InChI=1S/C37H77N.C9H18N2O2.C5H10N2O3.C3H6O2.C2H5NO.2CH4O/c1-4-6-8-10-12-14-16-18-20-22-24-26-28-30-32-34-36-38(3)37-35-33-31-29-27-25-23-21-19-17-15-13-11-9-7-5-2;1-10-6-4-2-3-5-9(13)11-7-8-12;6-3(5(7)10)1-2-4(8)9;1-2-3(4)5;3-1-2-4;2*1-2/h4-37H2,1-3H3;8,10H,2-7H2,1H3,(H,11,13);3H,1-2,6H2,(H2,7,10)(H,8,9);2H2,1H3,(H,4,5);2H,1,3H2;2*2H,1H3. The molecule has 0 heterocycles. The van der Waals surface area contributed by atoms with E-state index in [4.69, 9.17) is 36.7 Å². The molecule has 1 unspecified atom stereocenters. The second-order valence-electron chi connectivity index (χ2n) is 18.9. The maximum atomic E-state index is 10.9. The third kappa shape index (κ3) is 102. The van der Waals surface area contributed by atoms with Gasteiger partial charge in [-0.05, 0) is 65.8 Å². The van der Waals surface area contributed by atoms with Crippen LogP contribution in [0, 0.1) is 0 Å². The van der Waals surface area contributed by atoms with Crippen LogP contribution in [-0.2, 0) is 28.8 Å². The highest BCUT2D eigenvalue weighted by atomic mass is 16.4. The van der Waals surface area contributed by atoms with Gasteiger partial charge >= 0.3 is 11.9 Å². The van der Waals surface area contributed by atoms with Crippen LogP contribution in [0.4, 0.5) is 0 Å². The molecular weight excluding hydrogens is 941 g/mol. The number of aldehydes is 2. The zero-order valence-electron chi connectivity index (χ0n) is 49.3. The van der Waals surface area contributed by atoms with Gasteiger partial charge in [-0.1, -0.05) is 220 Å². The van der Waals surface area contributed by atoms with E-state index in [9.17, 15) is 24.0 Å². The molecule has 446 valence electrons. The predicted octanol–water partition coefficient (Wildman–Crippen LogP) is 11.0. The van der Waals surface area contributed by atoms with Crippen molar-refractivity contribution < 1.29 is 49.2 Å². The average Bonchev–Trinajstić information content (AvgIpc) is 3.40. The SMILES string of the molecule is CCC(=O)O.CCCCCCCCCCCCCCCCCCN(C)CCCCCCCCCCCCCCCCCC.CNCCCCCC(=O)NCC=O.CO.CO.NC(=O)C(N)CCC(=O)O.NCC=O. The topological polar surface area (TPSA) is 289 Å². The van der Waals surface area contributed by atoms with Gasteiger partial charge in [0.15, 0.2) is 0 Å². The van der Waals surface area contributed by atoms with Gasteiger partial charge < -0.3 is 62.7 Å². The summed E-state index contributed by atoms with van der Waals surface area (Å²) in [6, 6.07) is -0.837. The highest BCUT2D eigenvalue weighted by Crippen LogP contribution is 2.16. The van der Waals surface area contributed by atoms with E-state index in [0.29, 0.717) is 19.0 Å². The molecule has 2 amide bonds. The van der Waals surface area contributed by atoms with Gasteiger partial charge in [0.2, 0.25) is 11.8 Å². The number of carboxylic acid groups (broad SMARTS) is 2. The molecule has 0 aliphatic rings. The number of aliphatic hydroxyl groups is 2. The second-order valence-corrected chi connectivity index (χ2v) is 18.9. The molecule has 16 heteroatoms. The van der Waals surface area contributed by atoms with Crippen molar-refractivity contribution in [3.63, 3.8) is 0 Å². The molecule has 74 heavy (non-hydrogen) atoms. The van der Waals surface area contributed by atoms with Crippen LogP contribution in [0.25, 0.3) is 0 Å². The van der Waals surface area contributed by atoms with Crippen molar-refractivity contribution in [2.24, 2.45) is 17.2 Å². The highest BCUT2D eigenvalue weighted by molar-refractivity contribution is 5.80. The Morgan fingerprint density at radius 1 is 0.500 bits per heavy atom. The zero-order chi connectivity index (χ0) is 57.4. The number of nitrogens with two attached hydrogens (primary N) is 3. The Hall–Kier alpha value is -3.02. The first-order chi connectivity index (χ1) is 35.8. The first-order valence-electron chi connectivity index (χ1n) is 29.4. The number of rotatable bonds is 48. The van der Waals surface area contributed by atoms with E-state index in [1.165, 1.54) is 219 Å². The molecule has 0 spiro atoms. The number of carbonyl (C=O) groups is 6. The number of amides is 2. The minimum atomic E-state index is -0.975. The fourth-order valence-electron chi connectivity index (χ4n) is 7.40. The Balaban J connectivity index is -0.000000200. The van der Waals surface area contributed by atoms with Gasteiger partial charge in [-0.15, -0.1) is 0 Å². The van der Waals surface area contributed by atoms with Crippen LogP contribution in [0.2, 0.25) is 0 Å². The fourth-order valence-corrected chi connectivity index (χ4v) is 7.40. The third-order valence-corrected chi connectivity index (χ3v) is 11.9. The minimum Gasteiger partial charge on any atom is -0.481 e. The molecule has 0 saturated carbocycles. The predicted molar refractivity (Wildman–Crippen MR) is 311 cm³/mol. The van der Waals surface area contributed by atoms with Crippen molar-refractivity contribution >= 4 is 36.3 Å². The summed E-state index contributed by atoms with van der Waals surface area (Å²) in [5.41, 5.74) is 14.6. The Labute approximate surface area is 455 Å². The summed E-state index contributed by atoms with van der Waals surface area (Å²) in [6.45, 7) is 10.1. The van der Waals surface area contributed by atoms with E-state index < -0.39 is 23.9 Å². The number of aliphatic carboxylic acids is 2. The van der Waals surface area contributed by atoms with Crippen molar-refractivity contribution in [1.82, 2.24) is 15.5 Å². The number of hydrogen-bond acceptors (Lipinski definition) is 12. The molecule has 0 radical (unpaired) electrons. The van der Waals surface area contributed by atoms with Crippen LogP contribution in [-0.4, -0.2) is 129 Å². The number of primary amides is 1. The van der Waals surface area contributed by atoms with E-state index >= 15 is 0 Å². The van der Waals surface area contributed by atoms with Crippen molar-refractivity contribution in [3.05, 3.63) is 0 Å². The number of carboxylic acids is 2.